The fourth-order valence-corrected chi connectivity index (χ4v) is 2.68. The molecule has 0 aromatic heterocycles. The molecule has 17 heavy (non-hydrogen) atoms. The van der Waals surface area contributed by atoms with Crippen LogP contribution >= 0.6 is 11.6 Å². The summed E-state index contributed by atoms with van der Waals surface area (Å²) in [5, 5.41) is 3.06. The summed E-state index contributed by atoms with van der Waals surface area (Å²) in [6.45, 7) is 1.76. The van der Waals surface area contributed by atoms with Gasteiger partial charge in [-0.25, -0.2) is 8.42 Å². The summed E-state index contributed by atoms with van der Waals surface area (Å²) in [5.41, 5.74) is 0.533. The molecule has 0 unspecified atom stereocenters. The van der Waals surface area contributed by atoms with Gasteiger partial charge in [-0.05, 0) is 30.7 Å². The van der Waals surface area contributed by atoms with E-state index in [0.29, 0.717) is 17.1 Å². The molecule has 0 radical (unpaired) electrons. The molecule has 0 aliphatic heterocycles. The molecule has 0 aliphatic rings. The van der Waals surface area contributed by atoms with Crippen LogP contribution in [0.15, 0.2) is 24.3 Å². The Kier molecular flexibility index (Phi) is 4.96. The number of halogens is 1. The van der Waals surface area contributed by atoms with E-state index in [1.54, 1.807) is 31.2 Å². The van der Waals surface area contributed by atoms with Gasteiger partial charge in [-0.3, -0.25) is 4.79 Å². The van der Waals surface area contributed by atoms with Crippen molar-refractivity contribution in [2.24, 2.45) is 0 Å². The van der Waals surface area contributed by atoms with Crippen molar-refractivity contribution in [1.29, 1.82) is 0 Å². The van der Waals surface area contributed by atoms with E-state index in [1.807, 2.05) is 0 Å². The van der Waals surface area contributed by atoms with Gasteiger partial charge in [0.2, 0.25) is 5.91 Å². The SMILES string of the molecule is CCCS(=O)(=O)CC(=O)Nc1ccc(Cl)cc1. The molecule has 0 aliphatic carbocycles. The largest absolute Gasteiger partial charge is 0.325 e. The molecule has 1 amide bonds. The van der Waals surface area contributed by atoms with Gasteiger partial charge in [0.15, 0.2) is 9.84 Å². The van der Waals surface area contributed by atoms with Crippen LogP contribution in [0.2, 0.25) is 5.02 Å². The Bertz CT molecular complexity index is 482. The average molecular weight is 276 g/mol. The van der Waals surface area contributed by atoms with E-state index < -0.39 is 21.5 Å². The average Bonchev–Trinajstić information content (AvgIpc) is 2.20. The second kappa shape index (κ2) is 6.02. The minimum Gasteiger partial charge on any atom is -0.325 e. The summed E-state index contributed by atoms with van der Waals surface area (Å²) < 4.78 is 22.8. The zero-order valence-corrected chi connectivity index (χ0v) is 11.0. The maximum absolute atomic E-state index is 11.5. The van der Waals surface area contributed by atoms with Crippen LogP contribution in [-0.2, 0) is 14.6 Å². The van der Waals surface area contributed by atoms with Crippen molar-refractivity contribution in [1.82, 2.24) is 0 Å². The fraction of sp³-hybridized carbons (Fsp3) is 0.364. The first-order chi connectivity index (χ1) is 7.93. The molecule has 0 bridgehead atoms. The van der Waals surface area contributed by atoms with Crippen molar-refractivity contribution in [2.75, 3.05) is 16.8 Å². The second-order valence-electron chi connectivity index (χ2n) is 3.65. The predicted molar refractivity (Wildman–Crippen MR) is 69.0 cm³/mol. The number of hydrogen-bond donors (Lipinski definition) is 1. The van der Waals surface area contributed by atoms with Gasteiger partial charge in [-0.1, -0.05) is 18.5 Å². The molecule has 1 aromatic carbocycles. The van der Waals surface area contributed by atoms with E-state index in [2.05, 4.69) is 5.32 Å². The molecule has 0 saturated carbocycles. The number of benzene rings is 1. The lowest BCUT2D eigenvalue weighted by molar-refractivity contribution is -0.113. The third-order valence-electron chi connectivity index (χ3n) is 1.99. The van der Waals surface area contributed by atoms with E-state index in [4.69, 9.17) is 11.6 Å². The number of amides is 1. The van der Waals surface area contributed by atoms with E-state index >= 15 is 0 Å². The second-order valence-corrected chi connectivity index (χ2v) is 6.27. The van der Waals surface area contributed by atoms with Crippen molar-refractivity contribution < 1.29 is 13.2 Å². The summed E-state index contributed by atoms with van der Waals surface area (Å²) in [6.07, 6.45) is 0.510. The van der Waals surface area contributed by atoms with E-state index in [-0.39, 0.29) is 5.75 Å². The number of anilines is 1. The van der Waals surface area contributed by atoms with Gasteiger partial charge >= 0.3 is 0 Å². The molecule has 1 aromatic rings. The lowest BCUT2D eigenvalue weighted by Crippen LogP contribution is -2.24. The van der Waals surface area contributed by atoms with Gasteiger partial charge in [0.1, 0.15) is 5.75 Å². The minimum atomic E-state index is -3.30. The molecule has 94 valence electrons. The number of hydrogen-bond acceptors (Lipinski definition) is 3. The molecule has 0 spiro atoms. The van der Waals surface area contributed by atoms with Gasteiger partial charge < -0.3 is 5.32 Å². The van der Waals surface area contributed by atoms with Crippen molar-refractivity contribution in [2.45, 2.75) is 13.3 Å². The molecule has 0 heterocycles. The van der Waals surface area contributed by atoms with E-state index in [0.717, 1.165) is 0 Å². The van der Waals surface area contributed by atoms with Crippen molar-refractivity contribution in [3.63, 3.8) is 0 Å². The van der Waals surface area contributed by atoms with Crippen LogP contribution in [-0.4, -0.2) is 25.8 Å². The predicted octanol–water partition coefficient (Wildman–Crippen LogP) is 2.10. The number of carbonyl (C=O) groups is 1. The van der Waals surface area contributed by atoms with Gasteiger partial charge in [0.25, 0.3) is 0 Å². The van der Waals surface area contributed by atoms with Crippen LogP contribution in [0.3, 0.4) is 0 Å². The number of sulfone groups is 1. The highest BCUT2D eigenvalue weighted by Gasteiger charge is 2.15. The Balaban J connectivity index is 2.59. The maximum atomic E-state index is 11.5. The molecule has 0 fully saturated rings. The van der Waals surface area contributed by atoms with Gasteiger partial charge in [0.05, 0.1) is 5.75 Å². The smallest absolute Gasteiger partial charge is 0.239 e. The maximum Gasteiger partial charge on any atom is 0.239 e. The number of nitrogens with one attached hydrogen (secondary N) is 1. The molecular weight excluding hydrogens is 262 g/mol. The quantitative estimate of drug-likeness (QED) is 0.895. The Labute approximate surface area is 106 Å². The molecule has 0 atom stereocenters. The third-order valence-corrected chi connectivity index (χ3v) is 3.98. The van der Waals surface area contributed by atoms with Crippen LogP contribution in [0.25, 0.3) is 0 Å². The first kappa shape index (κ1) is 14.0. The summed E-state index contributed by atoms with van der Waals surface area (Å²) in [5.74, 6) is -0.981. The van der Waals surface area contributed by atoms with Crippen LogP contribution in [0.4, 0.5) is 5.69 Å². The highest BCUT2D eigenvalue weighted by Crippen LogP contribution is 2.13. The molecule has 1 rings (SSSR count). The third kappa shape index (κ3) is 5.19. The number of carbonyl (C=O) groups excluding carboxylic acids is 1. The van der Waals surface area contributed by atoms with Gasteiger partial charge in [0, 0.05) is 10.7 Å². The normalized spacial score (nSPS) is 11.2. The minimum absolute atomic E-state index is 0.0288. The first-order valence-corrected chi connectivity index (χ1v) is 7.39. The Morgan fingerprint density at radius 1 is 1.29 bits per heavy atom. The first-order valence-electron chi connectivity index (χ1n) is 5.19. The summed E-state index contributed by atoms with van der Waals surface area (Å²) in [4.78, 5) is 11.5. The monoisotopic (exact) mass is 275 g/mol. The van der Waals surface area contributed by atoms with Crippen molar-refractivity contribution in [3.05, 3.63) is 29.3 Å². The van der Waals surface area contributed by atoms with Gasteiger partial charge in [-0.2, -0.15) is 0 Å². The van der Waals surface area contributed by atoms with Crippen LogP contribution < -0.4 is 5.32 Å². The Morgan fingerprint density at radius 3 is 2.41 bits per heavy atom. The summed E-state index contributed by atoms with van der Waals surface area (Å²) >= 11 is 5.69. The summed E-state index contributed by atoms with van der Waals surface area (Å²) in [6, 6.07) is 6.48. The van der Waals surface area contributed by atoms with E-state index in [1.165, 1.54) is 0 Å². The standard InChI is InChI=1S/C11H14ClNO3S/c1-2-7-17(15,16)8-11(14)13-10-5-3-9(12)4-6-10/h3-6H,2,7-8H2,1H3,(H,13,14). The molecule has 0 saturated heterocycles. The van der Waals surface area contributed by atoms with Crippen molar-refractivity contribution in [3.8, 4) is 0 Å². The highest BCUT2D eigenvalue weighted by atomic mass is 35.5. The lowest BCUT2D eigenvalue weighted by Gasteiger charge is -2.05. The molecular formula is C11H14ClNO3S. The van der Waals surface area contributed by atoms with Crippen molar-refractivity contribution >= 4 is 33.0 Å². The zero-order chi connectivity index (χ0) is 12.9. The van der Waals surface area contributed by atoms with Crippen LogP contribution in [0.5, 0.6) is 0 Å². The van der Waals surface area contributed by atoms with Crippen LogP contribution in [0.1, 0.15) is 13.3 Å². The molecule has 4 nitrogen and oxygen atoms in total. The van der Waals surface area contributed by atoms with Gasteiger partial charge in [-0.15, -0.1) is 0 Å². The van der Waals surface area contributed by atoms with Crippen LogP contribution in [0, 0.1) is 0 Å². The Hall–Kier alpha value is -1.07. The van der Waals surface area contributed by atoms with E-state index in [9.17, 15) is 13.2 Å². The number of rotatable bonds is 5. The zero-order valence-electron chi connectivity index (χ0n) is 9.44. The summed E-state index contributed by atoms with van der Waals surface area (Å²) in [7, 11) is -3.30. The fourth-order valence-electron chi connectivity index (χ4n) is 1.31. The molecule has 6 heteroatoms. The molecule has 1 N–H and O–H groups in total. The highest BCUT2D eigenvalue weighted by molar-refractivity contribution is 7.92. The topological polar surface area (TPSA) is 63.2 Å². The Morgan fingerprint density at radius 2 is 1.88 bits per heavy atom. The lowest BCUT2D eigenvalue weighted by atomic mass is 10.3.